The van der Waals surface area contributed by atoms with Crippen LogP contribution in [-0.4, -0.2) is 21.2 Å². The lowest BCUT2D eigenvalue weighted by Gasteiger charge is -1.96. The van der Waals surface area contributed by atoms with Crippen LogP contribution in [0.2, 0.25) is 0 Å². The van der Waals surface area contributed by atoms with E-state index in [1.54, 1.807) is 17.1 Å². The van der Waals surface area contributed by atoms with E-state index in [0.29, 0.717) is 5.70 Å². The molecule has 0 atom stereocenters. The Hall–Kier alpha value is -1.71. The molecule has 0 amide bonds. The molecule has 16 heavy (non-hydrogen) atoms. The maximum Gasteiger partial charge on any atom is 0.0800 e. The lowest BCUT2D eigenvalue weighted by Crippen LogP contribution is -1.97. The van der Waals surface area contributed by atoms with E-state index >= 15 is 0 Å². The average molecular weight is 220 g/mol. The number of aliphatic imine (C=N–C) groups is 1. The van der Waals surface area contributed by atoms with Crippen LogP contribution in [0.25, 0.3) is 5.70 Å². The summed E-state index contributed by atoms with van der Waals surface area (Å²) in [5.41, 5.74) is 2.51. The number of nitrogens with zero attached hydrogens (tertiary/aromatic N) is 4. The quantitative estimate of drug-likeness (QED) is 0.735. The zero-order chi connectivity index (χ0) is 12.6. The van der Waals surface area contributed by atoms with Crippen molar-refractivity contribution in [3.8, 4) is 0 Å². The fourth-order valence-electron chi connectivity index (χ4n) is 0.798. The van der Waals surface area contributed by atoms with Crippen LogP contribution >= 0.6 is 0 Å². The first-order valence-electron chi connectivity index (χ1n) is 5.38. The molecule has 1 aromatic heterocycles. The van der Waals surface area contributed by atoms with Gasteiger partial charge in [-0.25, -0.2) is 4.68 Å². The zero-order valence-corrected chi connectivity index (χ0v) is 10.7. The minimum absolute atomic E-state index is 0.701. The zero-order valence-electron chi connectivity index (χ0n) is 10.7. The van der Waals surface area contributed by atoms with Gasteiger partial charge in [-0.15, -0.1) is 5.10 Å². The van der Waals surface area contributed by atoms with Gasteiger partial charge in [0, 0.05) is 5.70 Å². The van der Waals surface area contributed by atoms with Crippen molar-refractivity contribution >= 4 is 11.9 Å². The van der Waals surface area contributed by atoms with E-state index in [1.807, 2.05) is 40.7 Å². The summed E-state index contributed by atoms with van der Waals surface area (Å²) in [7, 11) is 0. The van der Waals surface area contributed by atoms with Gasteiger partial charge in [0.2, 0.25) is 0 Å². The molecule has 0 aliphatic rings. The second-order valence-corrected chi connectivity index (χ2v) is 2.98. The molecule has 1 aromatic rings. The predicted molar refractivity (Wildman–Crippen MR) is 69.4 cm³/mol. The lowest BCUT2D eigenvalue weighted by atomic mass is 10.4. The first-order chi connectivity index (χ1) is 7.63. The summed E-state index contributed by atoms with van der Waals surface area (Å²) in [6, 6.07) is 0. The molecule has 0 saturated carbocycles. The van der Waals surface area contributed by atoms with Crippen molar-refractivity contribution in [2.45, 2.75) is 34.6 Å². The summed E-state index contributed by atoms with van der Waals surface area (Å²) in [5.74, 6) is 0. The number of aromatic nitrogens is 3. The average Bonchev–Trinajstić information content (AvgIpc) is 2.75. The predicted octanol–water partition coefficient (Wildman–Crippen LogP) is 3.08. The SMILES string of the molecule is C=C(C=N/C(C)=C\C)n1cc(C)nn1.CC. The van der Waals surface area contributed by atoms with E-state index in [9.17, 15) is 0 Å². The fourth-order valence-corrected chi connectivity index (χ4v) is 0.798. The van der Waals surface area contributed by atoms with Crippen LogP contribution < -0.4 is 0 Å². The fraction of sp³-hybridized carbons (Fsp3) is 0.417. The van der Waals surface area contributed by atoms with E-state index in [1.165, 1.54) is 0 Å². The van der Waals surface area contributed by atoms with Crippen LogP contribution in [-0.2, 0) is 0 Å². The van der Waals surface area contributed by atoms with Crippen LogP contribution in [0, 0.1) is 6.92 Å². The van der Waals surface area contributed by atoms with Crippen LogP contribution in [0.15, 0.2) is 29.5 Å². The normalized spacial score (nSPS) is 11.2. The Morgan fingerprint density at radius 1 is 1.50 bits per heavy atom. The topological polar surface area (TPSA) is 43.1 Å². The molecule has 0 fully saturated rings. The molecule has 0 saturated heterocycles. The highest BCUT2D eigenvalue weighted by atomic mass is 15.4. The Morgan fingerprint density at radius 2 is 2.12 bits per heavy atom. The molecule has 4 nitrogen and oxygen atoms in total. The molecule has 0 unspecified atom stereocenters. The monoisotopic (exact) mass is 220 g/mol. The van der Waals surface area contributed by atoms with Crippen LogP contribution in [0.1, 0.15) is 33.4 Å². The highest BCUT2D eigenvalue weighted by molar-refractivity contribution is 6.01. The van der Waals surface area contributed by atoms with Gasteiger partial charge in [-0.1, -0.05) is 31.7 Å². The molecule has 0 aliphatic carbocycles. The minimum atomic E-state index is 0.701. The summed E-state index contributed by atoms with van der Waals surface area (Å²) >= 11 is 0. The van der Waals surface area contributed by atoms with Gasteiger partial charge in [0.05, 0.1) is 23.8 Å². The maximum absolute atomic E-state index is 4.18. The Balaban J connectivity index is 0.00000106. The second kappa shape index (κ2) is 7.56. The molecule has 0 N–H and O–H groups in total. The molecular formula is C12H20N4. The van der Waals surface area contributed by atoms with E-state index in [0.717, 1.165) is 11.4 Å². The molecule has 0 bridgehead atoms. The van der Waals surface area contributed by atoms with Crippen LogP contribution in [0.5, 0.6) is 0 Å². The summed E-state index contributed by atoms with van der Waals surface area (Å²) in [5, 5.41) is 7.74. The van der Waals surface area contributed by atoms with Gasteiger partial charge in [0.25, 0.3) is 0 Å². The van der Waals surface area contributed by atoms with Gasteiger partial charge < -0.3 is 0 Å². The van der Waals surface area contributed by atoms with Crippen molar-refractivity contribution in [2.24, 2.45) is 4.99 Å². The Morgan fingerprint density at radius 3 is 2.56 bits per heavy atom. The third-order valence-corrected chi connectivity index (χ3v) is 1.74. The van der Waals surface area contributed by atoms with Crippen molar-refractivity contribution in [3.63, 3.8) is 0 Å². The van der Waals surface area contributed by atoms with Crippen LogP contribution in [0.4, 0.5) is 0 Å². The van der Waals surface area contributed by atoms with Gasteiger partial charge in [0.15, 0.2) is 0 Å². The standard InChI is InChI=1S/C10H14N4.C2H6/c1-5-8(2)11-6-10(4)14-7-9(3)12-13-14;1-2/h5-7H,4H2,1-3H3;1-2H3/b8-5-,11-6?;. The molecule has 1 heterocycles. The first-order valence-corrected chi connectivity index (χ1v) is 5.38. The number of allylic oxidation sites excluding steroid dienone is 3. The molecule has 88 valence electrons. The smallest absolute Gasteiger partial charge is 0.0800 e. The highest BCUT2D eigenvalue weighted by Crippen LogP contribution is 2.00. The second-order valence-electron chi connectivity index (χ2n) is 2.98. The number of hydrogen-bond acceptors (Lipinski definition) is 3. The molecule has 0 aromatic carbocycles. The number of rotatable bonds is 3. The van der Waals surface area contributed by atoms with E-state index < -0.39 is 0 Å². The first kappa shape index (κ1) is 14.3. The van der Waals surface area contributed by atoms with Crippen molar-refractivity contribution in [1.29, 1.82) is 0 Å². The molecule has 0 spiro atoms. The van der Waals surface area contributed by atoms with Gasteiger partial charge in [-0.3, -0.25) is 4.99 Å². The molecule has 1 rings (SSSR count). The summed E-state index contributed by atoms with van der Waals surface area (Å²) in [6.45, 7) is 13.6. The van der Waals surface area contributed by atoms with E-state index in [2.05, 4.69) is 21.9 Å². The van der Waals surface area contributed by atoms with Gasteiger partial charge in [0.1, 0.15) is 0 Å². The highest BCUT2D eigenvalue weighted by Gasteiger charge is 1.96. The maximum atomic E-state index is 4.18. The Labute approximate surface area is 97.4 Å². The molecule has 0 radical (unpaired) electrons. The third kappa shape index (κ3) is 4.68. The summed E-state index contributed by atoms with van der Waals surface area (Å²) < 4.78 is 1.60. The summed E-state index contributed by atoms with van der Waals surface area (Å²) in [6.07, 6.45) is 5.40. The number of aryl methyl sites for hydroxylation is 1. The molecular weight excluding hydrogens is 200 g/mol. The molecule has 4 heteroatoms. The third-order valence-electron chi connectivity index (χ3n) is 1.74. The van der Waals surface area contributed by atoms with Crippen molar-refractivity contribution in [1.82, 2.24) is 15.0 Å². The minimum Gasteiger partial charge on any atom is -0.260 e. The molecule has 0 aliphatic heterocycles. The van der Waals surface area contributed by atoms with Crippen molar-refractivity contribution < 1.29 is 0 Å². The van der Waals surface area contributed by atoms with Crippen molar-refractivity contribution in [2.75, 3.05) is 0 Å². The van der Waals surface area contributed by atoms with Gasteiger partial charge in [-0.05, 0) is 20.8 Å². The Kier molecular flexibility index (Phi) is 6.76. The Bertz CT molecular complexity index is 385. The summed E-state index contributed by atoms with van der Waals surface area (Å²) in [4.78, 5) is 4.18. The van der Waals surface area contributed by atoms with E-state index in [4.69, 9.17) is 0 Å². The largest absolute Gasteiger partial charge is 0.260 e. The van der Waals surface area contributed by atoms with Crippen LogP contribution in [0.3, 0.4) is 0 Å². The lowest BCUT2D eigenvalue weighted by molar-refractivity contribution is 0.828. The van der Waals surface area contributed by atoms with E-state index in [-0.39, 0.29) is 0 Å². The van der Waals surface area contributed by atoms with Crippen molar-refractivity contribution in [3.05, 3.63) is 30.2 Å². The number of hydrogen-bond donors (Lipinski definition) is 0. The van der Waals surface area contributed by atoms with Gasteiger partial charge >= 0.3 is 0 Å². The van der Waals surface area contributed by atoms with Gasteiger partial charge in [-0.2, -0.15) is 0 Å².